The van der Waals surface area contributed by atoms with Gasteiger partial charge in [-0.25, -0.2) is 0 Å². The monoisotopic (exact) mass is 353 g/mol. The van der Waals surface area contributed by atoms with Crippen molar-refractivity contribution in [1.29, 1.82) is 0 Å². The summed E-state index contributed by atoms with van der Waals surface area (Å²) in [6.07, 6.45) is 3.29. The van der Waals surface area contributed by atoms with Crippen LogP contribution in [0.4, 0.5) is 0 Å². The zero-order valence-electron chi connectivity index (χ0n) is 15.5. The number of pyridine rings is 1. The second-order valence-corrected chi connectivity index (χ2v) is 6.72. The second-order valence-electron chi connectivity index (χ2n) is 6.72. The molecule has 0 aliphatic carbocycles. The number of carboxylic acids is 1. The Kier molecular flexibility index (Phi) is 7.65. The van der Waals surface area contributed by atoms with E-state index in [2.05, 4.69) is 9.88 Å². The van der Waals surface area contributed by atoms with E-state index in [0.29, 0.717) is 19.5 Å². The molecule has 2 fully saturated rings. The smallest absolute Gasteiger partial charge is 0.548 e. The number of likely N-dealkylation sites (tertiary alicyclic amines) is 2. The van der Waals surface area contributed by atoms with Gasteiger partial charge in [-0.1, -0.05) is 6.07 Å². The molecule has 0 saturated carbocycles. The molecule has 2 aliphatic rings. The summed E-state index contributed by atoms with van der Waals surface area (Å²) < 4.78 is 4.88. The third-order valence-electron chi connectivity index (χ3n) is 5.07. The topological polar surface area (TPSA) is 85.8 Å². The van der Waals surface area contributed by atoms with Crippen molar-refractivity contribution < 1.29 is 38.3 Å². The van der Waals surface area contributed by atoms with Crippen LogP contribution < -0.4 is 24.0 Å². The number of nitrogens with zero attached hydrogens (tertiary/aromatic N) is 3. The molecule has 2 aliphatic heterocycles. The summed E-state index contributed by atoms with van der Waals surface area (Å²) >= 11 is 0. The van der Waals surface area contributed by atoms with E-state index in [-0.39, 0.29) is 30.9 Å². The van der Waals surface area contributed by atoms with E-state index in [1.165, 1.54) is 7.11 Å². The van der Waals surface area contributed by atoms with Gasteiger partial charge in [-0.3, -0.25) is 19.6 Å². The first kappa shape index (κ1) is 20.9. The minimum Gasteiger partial charge on any atom is -0.548 e. The van der Waals surface area contributed by atoms with Gasteiger partial charge in [-0.05, 0) is 50.9 Å². The van der Waals surface area contributed by atoms with Crippen LogP contribution >= 0.6 is 0 Å². The molecular weight excluding hydrogens is 329 g/mol. The molecule has 0 amide bonds. The number of aliphatic carboxylic acids is 1. The Morgan fingerprint density at radius 3 is 2.19 bits per heavy atom. The Morgan fingerprint density at radius 1 is 1.12 bits per heavy atom. The van der Waals surface area contributed by atoms with Crippen LogP contribution in [0.3, 0.4) is 0 Å². The van der Waals surface area contributed by atoms with Gasteiger partial charge < -0.3 is 14.6 Å². The quantitative estimate of drug-likeness (QED) is 0.396. The Hall–Kier alpha value is -1.39. The summed E-state index contributed by atoms with van der Waals surface area (Å²) in [6, 6.07) is 5.07. The van der Waals surface area contributed by atoms with Gasteiger partial charge in [0.25, 0.3) is 0 Å². The SMILES string of the molecule is COC(=O)[C@@H]1CCCN1Cc1cccc(CN2CCC[C@H]2C(=O)[O-])n1.[Li+]. The molecule has 26 heavy (non-hydrogen) atoms. The molecular formula is C18H24LiN3O4. The van der Waals surface area contributed by atoms with E-state index in [4.69, 9.17) is 4.74 Å². The first-order valence-electron chi connectivity index (χ1n) is 8.80. The summed E-state index contributed by atoms with van der Waals surface area (Å²) in [5.41, 5.74) is 1.73. The number of methoxy groups -OCH3 is 1. The molecule has 1 aromatic heterocycles. The van der Waals surface area contributed by atoms with E-state index < -0.39 is 12.0 Å². The fraction of sp³-hybridized carbons (Fsp3) is 0.611. The molecule has 136 valence electrons. The molecule has 7 nitrogen and oxygen atoms in total. The summed E-state index contributed by atoms with van der Waals surface area (Å²) in [6.45, 7) is 2.70. The van der Waals surface area contributed by atoms with E-state index in [9.17, 15) is 14.7 Å². The van der Waals surface area contributed by atoms with Crippen LogP contribution in [-0.4, -0.2) is 59.0 Å². The molecule has 0 spiro atoms. The average Bonchev–Trinajstić information content (AvgIpc) is 3.24. The molecule has 3 heterocycles. The van der Waals surface area contributed by atoms with Crippen molar-refractivity contribution in [2.75, 3.05) is 20.2 Å². The van der Waals surface area contributed by atoms with Crippen molar-refractivity contribution in [1.82, 2.24) is 14.8 Å². The predicted molar refractivity (Wildman–Crippen MR) is 88.1 cm³/mol. The maximum absolute atomic E-state index is 11.9. The van der Waals surface area contributed by atoms with Gasteiger partial charge >= 0.3 is 24.8 Å². The van der Waals surface area contributed by atoms with Gasteiger partial charge in [-0.15, -0.1) is 0 Å². The summed E-state index contributed by atoms with van der Waals surface area (Å²) in [4.78, 5) is 31.7. The van der Waals surface area contributed by atoms with Gasteiger partial charge in [0, 0.05) is 19.1 Å². The zero-order valence-corrected chi connectivity index (χ0v) is 15.5. The maximum atomic E-state index is 11.9. The first-order valence-corrected chi connectivity index (χ1v) is 8.80. The minimum absolute atomic E-state index is 0. The Bertz CT molecular complexity index is 643. The molecule has 0 bridgehead atoms. The van der Waals surface area contributed by atoms with Gasteiger partial charge in [0.1, 0.15) is 6.04 Å². The van der Waals surface area contributed by atoms with Crippen LogP contribution in [0.25, 0.3) is 0 Å². The molecule has 0 aromatic carbocycles. The van der Waals surface area contributed by atoms with Gasteiger partial charge in [0.05, 0.1) is 24.5 Å². The predicted octanol–water partition coefficient (Wildman–Crippen LogP) is -3.06. The van der Waals surface area contributed by atoms with E-state index in [1.54, 1.807) is 0 Å². The van der Waals surface area contributed by atoms with E-state index >= 15 is 0 Å². The Balaban J connectivity index is 0.00000243. The third-order valence-corrected chi connectivity index (χ3v) is 5.07. The number of aromatic nitrogens is 1. The second kappa shape index (κ2) is 9.52. The van der Waals surface area contributed by atoms with Crippen LogP contribution in [0.5, 0.6) is 0 Å². The third kappa shape index (κ3) is 4.86. The number of carbonyl (C=O) groups excluding carboxylic acids is 2. The summed E-state index contributed by atoms with van der Waals surface area (Å²) in [5, 5.41) is 11.2. The van der Waals surface area contributed by atoms with E-state index in [0.717, 1.165) is 43.7 Å². The van der Waals surface area contributed by atoms with Crippen molar-refractivity contribution >= 4 is 11.9 Å². The fourth-order valence-corrected chi connectivity index (χ4v) is 3.82. The number of rotatable bonds is 6. The van der Waals surface area contributed by atoms with Gasteiger partial charge in [0.15, 0.2) is 0 Å². The number of carboxylic acid groups (broad SMARTS) is 1. The Morgan fingerprint density at radius 2 is 1.65 bits per heavy atom. The fourth-order valence-electron chi connectivity index (χ4n) is 3.82. The number of esters is 1. The number of hydrogen-bond acceptors (Lipinski definition) is 7. The summed E-state index contributed by atoms with van der Waals surface area (Å²) in [5.74, 6) is -1.20. The normalized spacial score (nSPS) is 23.6. The molecule has 0 radical (unpaired) electrons. The molecule has 0 N–H and O–H groups in total. The number of ether oxygens (including phenoxy) is 1. The van der Waals surface area contributed by atoms with Crippen molar-refractivity contribution in [3.63, 3.8) is 0 Å². The van der Waals surface area contributed by atoms with Crippen LogP contribution in [0, 0.1) is 0 Å². The van der Waals surface area contributed by atoms with E-state index in [1.807, 2.05) is 23.1 Å². The Labute approximate surface area is 165 Å². The standard InChI is InChI=1S/C18H25N3O4.Li/c1-25-18(24)16-8-4-10-21(16)12-14-6-2-5-13(19-14)11-20-9-3-7-15(20)17(22)23;/h2,5-6,15-16H,3-4,7-12H2,1H3,(H,22,23);/q;+1/p-1/t15-,16-;/m0./s1. The van der Waals surface area contributed by atoms with Crippen molar-refractivity contribution in [3.05, 3.63) is 29.6 Å². The molecule has 2 atom stereocenters. The number of hydrogen-bond donors (Lipinski definition) is 0. The largest absolute Gasteiger partial charge is 1.00 e. The van der Waals surface area contributed by atoms with Crippen molar-refractivity contribution in [3.8, 4) is 0 Å². The van der Waals surface area contributed by atoms with Crippen LogP contribution in [-0.2, 0) is 27.4 Å². The maximum Gasteiger partial charge on any atom is 1.00 e. The van der Waals surface area contributed by atoms with Crippen LogP contribution in [0.15, 0.2) is 18.2 Å². The minimum atomic E-state index is -1.01. The van der Waals surface area contributed by atoms with Crippen LogP contribution in [0.2, 0.25) is 0 Å². The average molecular weight is 353 g/mol. The van der Waals surface area contributed by atoms with Gasteiger partial charge in [-0.2, -0.15) is 0 Å². The first-order chi connectivity index (χ1) is 12.1. The van der Waals surface area contributed by atoms with Gasteiger partial charge in [0.2, 0.25) is 0 Å². The molecule has 3 rings (SSSR count). The number of carbonyl (C=O) groups is 2. The molecule has 0 unspecified atom stereocenters. The van der Waals surface area contributed by atoms with Crippen LogP contribution in [0.1, 0.15) is 37.1 Å². The summed E-state index contributed by atoms with van der Waals surface area (Å²) in [7, 11) is 1.42. The molecule has 8 heteroatoms. The molecule has 2 saturated heterocycles. The van der Waals surface area contributed by atoms with Crippen molar-refractivity contribution in [2.45, 2.75) is 50.9 Å². The zero-order chi connectivity index (χ0) is 17.8. The molecule has 1 aromatic rings. The van der Waals surface area contributed by atoms with Crippen molar-refractivity contribution in [2.24, 2.45) is 0 Å².